The first-order chi connectivity index (χ1) is 3.91. The van der Waals surface area contributed by atoms with E-state index in [-0.39, 0.29) is 24.8 Å². The van der Waals surface area contributed by atoms with E-state index in [2.05, 4.69) is 12.3 Å². The Hall–Kier alpha value is 0.500. The number of rotatable bonds is 5. The van der Waals surface area contributed by atoms with E-state index in [9.17, 15) is 0 Å². The Balaban J connectivity index is -0.000000245. The Bertz CT molecular complexity index is 38.7. The van der Waals surface area contributed by atoms with Crippen molar-refractivity contribution >= 4 is 24.8 Å². The van der Waals surface area contributed by atoms with Gasteiger partial charge in [0, 0.05) is 6.54 Å². The molecule has 0 fully saturated rings. The quantitative estimate of drug-likeness (QED) is 0.393. The fourth-order valence-electron chi connectivity index (χ4n) is 0.654. The lowest BCUT2D eigenvalue weighted by molar-refractivity contribution is 0.613. The zero-order chi connectivity index (χ0) is 6.24. The lowest BCUT2D eigenvalue weighted by atomic mass is 10.2. The molecule has 0 saturated heterocycles. The van der Waals surface area contributed by atoms with E-state index in [0.717, 1.165) is 6.54 Å². The summed E-state index contributed by atoms with van der Waals surface area (Å²) in [5.41, 5.74) is 2.63. The fourth-order valence-corrected chi connectivity index (χ4v) is 0.654. The van der Waals surface area contributed by atoms with Gasteiger partial charge in [0.25, 0.3) is 0 Å². The van der Waals surface area contributed by atoms with Gasteiger partial charge in [-0.15, -0.1) is 24.8 Å². The molecule has 0 spiro atoms. The summed E-state index contributed by atoms with van der Waals surface area (Å²) in [6, 6.07) is 0. The molecule has 0 aromatic heterocycles. The number of halogens is 2. The maximum absolute atomic E-state index is 5.06. The van der Waals surface area contributed by atoms with E-state index < -0.39 is 0 Å². The predicted octanol–water partition coefficient (Wildman–Crippen LogP) is 1.87. The molecule has 2 nitrogen and oxygen atoms in total. The molecule has 66 valence electrons. The van der Waals surface area contributed by atoms with Gasteiger partial charge in [0.05, 0.1) is 0 Å². The first-order valence-corrected chi connectivity index (χ1v) is 3.35. The van der Waals surface area contributed by atoms with Crippen molar-refractivity contribution in [3.63, 3.8) is 0 Å². The zero-order valence-corrected chi connectivity index (χ0v) is 8.06. The molecule has 0 rings (SSSR count). The average Bonchev–Trinajstić information content (AvgIpc) is 1.81. The van der Waals surface area contributed by atoms with Gasteiger partial charge < -0.3 is 0 Å². The van der Waals surface area contributed by atoms with E-state index in [4.69, 9.17) is 5.84 Å². The molecule has 0 bridgehead atoms. The monoisotopic (exact) mass is 188 g/mol. The third-order valence-corrected chi connectivity index (χ3v) is 1.17. The molecule has 0 aromatic rings. The van der Waals surface area contributed by atoms with Gasteiger partial charge in [-0.25, -0.2) is 0 Å². The molecule has 4 heteroatoms. The number of nitrogens with one attached hydrogen (secondary N) is 1. The topological polar surface area (TPSA) is 38.0 Å². The molecule has 0 aliphatic heterocycles. The Morgan fingerprint density at radius 1 is 1.10 bits per heavy atom. The van der Waals surface area contributed by atoms with Crippen LogP contribution in [0.25, 0.3) is 0 Å². The number of hydrogen-bond acceptors (Lipinski definition) is 2. The highest BCUT2D eigenvalue weighted by molar-refractivity contribution is 5.85. The van der Waals surface area contributed by atoms with E-state index in [1.165, 1.54) is 25.7 Å². The van der Waals surface area contributed by atoms with Crippen molar-refractivity contribution in [2.45, 2.75) is 32.6 Å². The molecule has 0 saturated carbocycles. The summed E-state index contributed by atoms with van der Waals surface area (Å²) in [4.78, 5) is 0. The van der Waals surface area contributed by atoms with Gasteiger partial charge in [-0.2, -0.15) is 0 Å². The first kappa shape index (κ1) is 16.8. The van der Waals surface area contributed by atoms with Crippen molar-refractivity contribution < 1.29 is 0 Å². The molecule has 0 radical (unpaired) electrons. The second-order valence-electron chi connectivity index (χ2n) is 2.01. The van der Waals surface area contributed by atoms with Crippen molar-refractivity contribution in [3.05, 3.63) is 0 Å². The minimum atomic E-state index is 0. The largest absolute Gasteiger partial charge is 0.271 e. The summed E-state index contributed by atoms with van der Waals surface area (Å²) in [5.74, 6) is 5.06. The summed E-state index contributed by atoms with van der Waals surface area (Å²) in [5, 5.41) is 0. The lowest BCUT2D eigenvalue weighted by Gasteiger charge is -1.95. The van der Waals surface area contributed by atoms with Crippen LogP contribution in [0, 0.1) is 0 Å². The highest BCUT2D eigenvalue weighted by Crippen LogP contribution is 1.95. The smallest absolute Gasteiger partial charge is 0.00974 e. The minimum Gasteiger partial charge on any atom is -0.271 e. The maximum atomic E-state index is 5.06. The number of hydrogen-bond donors (Lipinski definition) is 2. The van der Waals surface area contributed by atoms with Crippen molar-refractivity contribution in [2.75, 3.05) is 6.54 Å². The van der Waals surface area contributed by atoms with Gasteiger partial charge in [-0.05, 0) is 6.42 Å². The van der Waals surface area contributed by atoms with Gasteiger partial charge >= 0.3 is 0 Å². The molecular formula is C6H18Cl2N2. The van der Waals surface area contributed by atoms with Crippen molar-refractivity contribution in [2.24, 2.45) is 5.84 Å². The van der Waals surface area contributed by atoms with E-state index in [0.29, 0.717) is 0 Å². The third kappa shape index (κ3) is 15.8. The van der Waals surface area contributed by atoms with Gasteiger partial charge in [-0.1, -0.05) is 26.2 Å². The molecular weight excluding hydrogens is 171 g/mol. The summed E-state index contributed by atoms with van der Waals surface area (Å²) >= 11 is 0. The maximum Gasteiger partial charge on any atom is 0.00974 e. The van der Waals surface area contributed by atoms with Crippen LogP contribution in [-0.2, 0) is 0 Å². The Morgan fingerprint density at radius 3 is 2.10 bits per heavy atom. The Labute approximate surface area is 75.7 Å². The predicted molar refractivity (Wildman–Crippen MR) is 50.8 cm³/mol. The summed E-state index contributed by atoms with van der Waals surface area (Å²) in [6.45, 7) is 3.16. The van der Waals surface area contributed by atoms with Crippen molar-refractivity contribution in [1.82, 2.24) is 5.43 Å². The van der Waals surface area contributed by atoms with Crippen LogP contribution >= 0.6 is 24.8 Å². The molecule has 0 atom stereocenters. The van der Waals surface area contributed by atoms with Gasteiger partial charge in [-0.3, -0.25) is 11.3 Å². The van der Waals surface area contributed by atoms with Crippen LogP contribution in [0.1, 0.15) is 32.6 Å². The zero-order valence-electron chi connectivity index (χ0n) is 6.43. The fraction of sp³-hybridized carbons (Fsp3) is 1.00. The Morgan fingerprint density at radius 2 is 1.70 bits per heavy atom. The summed E-state index contributed by atoms with van der Waals surface area (Å²) in [7, 11) is 0. The van der Waals surface area contributed by atoms with E-state index in [1.54, 1.807) is 0 Å². The van der Waals surface area contributed by atoms with Crippen LogP contribution in [0.5, 0.6) is 0 Å². The number of nitrogens with two attached hydrogens (primary N) is 1. The van der Waals surface area contributed by atoms with Gasteiger partial charge in [0.15, 0.2) is 0 Å². The molecule has 10 heavy (non-hydrogen) atoms. The standard InChI is InChI=1S/C6H16N2.2ClH/c1-2-3-4-5-6-8-7;;/h8H,2-7H2,1H3;2*1H. The van der Waals surface area contributed by atoms with Crippen molar-refractivity contribution in [1.29, 1.82) is 0 Å². The highest BCUT2D eigenvalue weighted by Gasteiger charge is 1.82. The number of unbranched alkanes of at least 4 members (excludes halogenated alkanes) is 3. The van der Waals surface area contributed by atoms with Gasteiger partial charge in [0.2, 0.25) is 0 Å². The molecule has 0 aromatic carbocycles. The highest BCUT2D eigenvalue weighted by atomic mass is 35.5. The second-order valence-corrected chi connectivity index (χ2v) is 2.01. The SMILES string of the molecule is CCCCCCNN.Cl.Cl. The molecule has 0 aliphatic carbocycles. The van der Waals surface area contributed by atoms with E-state index >= 15 is 0 Å². The minimum absolute atomic E-state index is 0. The molecule has 0 amide bonds. The first-order valence-electron chi connectivity index (χ1n) is 3.35. The average molecular weight is 189 g/mol. The van der Waals surface area contributed by atoms with E-state index in [1.807, 2.05) is 0 Å². The molecule has 0 heterocycles. The van der Waals surface area contributed by atoms with Crippen LogP contribution < -0.4 is 11.3 Å². The number of hydrazine groups is 1. The lowest BCUT2D eigenvalue weighted by Crippen LogP contribution is -2.22. The van der Waals surface area contributed by atoms with Crippen LogP contribution in [0.2, 0.25) is 0 Å². The van der Waals surface area contributed by atoms with Crippen LogP contribution in [0.4, 0.5) is 0 Å². The normalized spacial score (nSPS) is 7.80. The van der Waals surface area contributed by atoms with Crippen LogP contribution in [0.15, 0.2) is 0 Å². The molecule has 3 N–H and O–H groups in total. The third-order valence-electron chi connectivity index (χ3n) is 1.17. The second kappa shape index (κ2) is 16.2. The Kier molecular flexibility index (Phi) is 27.4. The van der Waals surface area contributed by atoms with Gasteiger partial charge in [0.1, 0.15) is 0 Å². The van der Waals surface area contributed by atoms with Crippen LogP contribution in [-0.4, -0.2) is 6.54 Å². The van der Waals surface area contributed by atoms with Crippen LogP contribution in [0.3, 0.4) is 0 Å². The van der Waals surface area contributed by atoms with Crippen molar-refractivity contribution in [3.8, 4) is 0 Å². The summed E-state index contributed by atoms with van der Waals surface area (Å²) < 4.78 is 0. The molecule has 0 aliphatic rings. The molecule has 0 unspecified atom stereocenters. The summed E-state index contributed by atoms with van der Waals surface area (Å²) in [6.07, 6.45) is 5.15.